The number of hydrogen-bond acceptors (Lipinski definition) is 4. The van der Waals surface area contributed by atoms with Crippen LogP contribution in [0, 0.1) is 41.5 Å². The highest BCUT2D eigenvalue weighted by atomic mass is 16.3. The molecular weight excluding hydrogens is 448 g/mol. The Morgan fingerprint density at radius 2 is 0.667 bits per heavy atom. The van der Waals surface area contributed by atoms with Crippen LogP contribution in [0.1, 0.15) is 67.5 Å². The molecule has 0 aliphatic rings. The molecule has 0 spiro atoms. The predicted octanol–water partition coefficient (Wildman–Crippen LogP) is 7.32. The van der Waals surface area contributed by atoms with E-state index in [0.29, 0.717) is 0 Å². The summed E-state index contributed by atoms with van der Waals surface area (Å²) >= 11 is 0. The molecule has 0 saturated heterocycles. The summed E-state index contributed by atoms with van der Waals surface area (Å²) < 4.78 is 0. The van der Waals surface area contributed by atoms with Crippen LogP contribution in [0.15, 0.2) is 60.7 Å². The van der Waals surface area contributed by atoms with Crippen molar-refractivity contribution in [1.82, 2.24) is 0 Å². The first-order chi connectivity index (χ1) is 17.0. The minimum absolute atomic E-state index is 0.172. The van der Waals surface area contributed by atoms with Crippen LogP contribution < -0.4 is 0 Å². The van der Waals surface area contributed by atoms with Crippen LogP contribution in [0.2, 0.25) is 0 Å². The van der Waals surface area contributed by atoms with Gasteiger partial charge >= 0.3 is 0 Å². The molecule has 4 heteroatoms. The predicted molar refractivity (Wildman–Crippen MR) is 145 cm³/mol. The lowest BCUT2D eigenvalue weighted by atomic mass is 9.72. The van der Waals surface area contributed by atoms with Crippen LogP contribution in [0.3, 0.4) is 0 Å². The Labute approximate surface area is 213 Å². The van der Waals surface area contributed by atoms with E-state index in [1.54, 1.807) is 12.1 Å². The molecule has 186 valence electrons. The summed E-state index contributed by atoms with van der Waals surface area (Å²) in [6, 6.07) is 19.5. The minimum Gasteiger partial charge on any atom is -0.508 e. The molecular formula is C32H34O4. The van der Waals surface area contributed by atoms with Crippen LogP contribution in [0.25, 0.3) is 0 Å². The fourth-order valence-electron chi connectivity index (χ4n) is 5.24. The van der Waals surface area contributed by atoms with Gasteiger partial charge in [0.15, 0.2) is 0 Å². The van der Waals surface area contributed by atoms with Gasteiger partial charge in [0.05, 0.1) is 0 Å². The molecule has 4 aromatic rings. The van der Waals surface area contributed by atoms with Crippen molar-refractivity contribution in [2.75, 3.05) is 0 Å². The minimum atomic E-state index is -0.172. The lowest BCUT2D eigenvalue weighted by molar-refractivity contribution is 0.465. The van der Waals surface area contributed by atoms with Crippen LogP contribution in [0.5, 0.6) is 23.0 Å². The number of hydrogen-bond donors (Lipinski definition) is 4. The van der Waals surface area contributed by atoms with Gasteiger partial charge in [-0.15, -0.1) is 0 Å². The summed E-state index contributed by atoms with van der Waals surface area (Å²) in [5.74, 6) is 0.706. The normalized spacial score (nSPS) is 12.9. The first-order valence-corrected chi connectivity index (χ1v) is 12.2. The Morgan fingerprint density at radius 3 is 0.944 bits per heavy atom. The quantitative estimate of drug-likeness (QED) is 0.240. The van der Waals surface area contributed by atoms with E-state index in [4.69, 9.17) is 0 Å². The van der Waals surface area contributed by atoms with E-state index in [-0.39, 0.29) is 34.8 Å². The van der Waals surface area contributed by atoms with Gasteiger partial charge in [0.25, 0.3) is 0 Å². The van der Waals surface area contributed by atoms with Gasteiger partial charge in [0, 0.05) is 11.8 Å². The fraction of sp³-hybridized carbons (Fsp3) is 0.250. The van der Waals surface area contributed by atoms with Gasteiger partial charge in [-0.1, -0.05) is 48.5 Å². The van der Waals surface area contributed by atoms with Gasteiger partial charge in [-0.05, 0) is 109 Å². The molecule has 0 aliphatic heterocycles. The summed E-state index contributed by atoms with van der Waals surface area (Å²) in [6.45, 7) is 11.4. The van der Waals surface area contributed by atoms with E-state index in [1.165, 1.54) is 0 Å². The summed E-state index contributed by atoms with van der Waals surface area (Å²) in [5.41, 5.74) is 8.86. The lowest BCUT2D eigenvalue weighted by Crippen LogP contribution is -2.16. The Hall–Kier alpha value is -3.92. The summed E-state index contributed by atoms with van der Waals surface area (Å²) in [5, 5.41) is 41.6. The van der Waals surface area contributed by atoms with Gasteiger partial charge in [-0.3, -0.25) is 0 Å². The van der Waals surface area contributed by atoms with E-state index >= 15 is 0 Å². The molecule has 0 aromatic heterocycles. The molecule has 0 heterocycles. The van der Waals surface area contributed by atoms with Crippen molar-refractivity contribution < 1.29 is 20.4 Å². The van der Waals surface area contributed by atoms with Crippen LogP contribution >= 0.6 is 0 Å². The van der Waals surface area contributed by atoms with Crippen molar-refractivity contribution in [1.29, 1.82) is 0 Å². The molecule has 4 nitrogen and oxygen atoms in total. The maximum absolute atomic E-state index is 10.5. The van der Waals surface area contributed by atoms with Gasteiger partial charge in [0.2, 0.25) is 0 Å². The topological polar surface area (TPSA) is 80.9 Å². The lowest BCUT2D eigenvalue weighted by Gasteiger charge is -2.31. The Balaban J connectivity index is 2.08. The molecule has 0 radical (unpaired) electrons. The summed E-state index contributed by atoms with van der Waals surface area (Å²) in [7, 11) is 0. The van der Waals surface area contributed by atoms with Crippen LogP contribution in [-0.4, -0.2) is 20.4 Å². The van der Waals surface area contributed by atoms with E-state index in [9.17, 15) is 20.4 Å². The SMILES string of the molecule is Cc1cc(C(c2cc(C)c(O)c(C)c2)C(c2ccc(O)c(C)c2)c2cc(C)c(O)c(C)c2)ccc1O. The second-order valence-electron chi connectivity index (χ2n) is 10.1. The Kier molecular flexibility index (Phi) is 6.73. The molecule has 4 rings (SSSR count). The largest absolute Gasteiger partial charge is 0.508 e. The molecule has 2 atom stereocenters. The number of rotatable bonds is 5. The maximum atomic E-state index is 10.5. The van der Waals surface area contributed by atoms with E-state index in [0.717, 1.165) is 55.6 Å². The fourth-order valence-corrected chi connectivity index (χ4v) is 5.24. The highest BCUT2D eigenvalue weighted by Crippen LogP contribution is 2.46. The standard InChI is InChI=1S/C32H34O4/c1-17-11-23(7-9-27(17)33)29(25-13-19(3)31(35)20(4)14-25)30(24-8-10-28(34)18(2)12-24)26-15-21(5)32(36)22(6)16-26/h7-16,29-30,33-36H,1-6H3. The molecule has 0 bridgehead atoms. The number of aryl methyl sites for hydroxylation is 6. The monoisotopic (exact) mass is 482 g/mol. The number of phenols is 4. The third kappa shape index (κ3) is 4.64. The van der Waals surface area contributed by atoms with Crippen molar-refractivity contribution in [3.8, 4) is 23.0 Å². The Bertz CT molecular complexity index is 1290. The van der Waals surface area contributed by atoms with Gasteiger partial charge in [0.1, 0.15) is 23.0 Å². The summed E-state index contributed by atoms with van der Waals surface area (Å²) in [6.07, 6.45) is 0. The van der Waals surface area contributed by atoms with Crippen molar-refractivity contribution in [2.45, 2.75) is 53.4 Å². The van der Waals surface area contributed by atoms with Crippen molar-refractivity contribution in [2.24, 2.45) is 0 Å². The molecule has 2 unspecified atom stereocenters. The van der Waals surface area contributed by atoms with Crippen LogP contribution in [-0.2, 0) is 0 Å². The maximum Gasteiger partial charge on any atom is 0.121 e. The van der Waals surface area contributed by atoms with Crippen LogP contribution in [0.4, 0.5) is 0 Å². The highest BCUT2D eigenvalue weighted by Gasteiger charge is 2.30. The zero-order valence-electron chi connectivity index (χ0n) is 21.7. The molecule has 36 heavy (non-hydrogen) atoms. The van der Waals surface area contributed by atoms with Crippen molar-refractivity contribution >= 4 is 0 Å². The second kappa shape index (κ2) is 9.62. The van der Waals surface area contributed by atoms with E-state index in [1.807, 2.05) is 90.1 Å². The second-order valence-corrected chi connectivity index (χ2v) is 10.1. The average molecular weight is 483 g/mol. The highest BCUT2D eigenvalue weighted by molar-refractivity contribution is 5.54. The average Bonchev–Trinajstić information content (AvgIpc) is 2.82. The number of phenolic OH excluding ortho intramolecular Hbond substituents is 4. The number of aromatic hydroxyl groups is 4. The van der Waals surface area contributed by atoms with Crippen molar-refractivity contribution in [3.05, 3.63) is 116 Å². The molecule has 4 aromatic carbocycles. The van der Waals surface area contributed by atoms with Gasteiger partial charge in [-0.25, -0.2) is 0 Å². The molecule has 0 saturated carbocycles. The third-order valence-electron chi connectivity index (χ3n) is 7.24. The molecule has 0 amide bonds. The van der Waals surface area contributed by atoms with Gasteiger partial charge < -0.3 is 20.4 Å². The third-order valence-corrected chi connectivity index (χ3v) is 7.24. The first-order valence-electron chi connectivity index (χ1n) is 12.2. The molecule has 0 fully saturated rings. The molecule has 4 N–H and O–H groups in total. The first kappa shape index (κ1) is 25.2. The Morgan fingerprint density at radius 1 is 0.389 bits per heavy atom. The summed E-state index contributed by atoms with van der Waals surface area (Å²) in [4.78, 5) is 0. The van der Waals surface area contributed by atoms with Gasteiger partial charge in [-0.2, -0.15) is 0 Å². The van der Waals surface area contributed by atoms with E-state index < -0.39 is 0 Å². The van der Waals surface area contributed by atoms with E-state index in [2.05, 4.69) is 0 Å². The zero-order valence-corrected chi connectivity index (χ0v) is 21.7. The van der Waals surface area contributed by atoms with Crippen molar-refractivity contribution in [3.63, 3.8) is 0 Å². The molecule has 0 aliphatic carbocycles. The number of benzene rings is 4. The zero-order chi connectivity index (χ0) is 26.3. The smallest absolute Gasteiger partial charge is 0.121 e.